The fourth-order valence-electron chi connectivity index (χ4n) is 3.18. The van der Waals surface area contributed by atoms with Gasteiger partial charge in [0.05, 0.1) is 12.8 Å². The van der Waals surface area contributed by atoms with E-state index in [9.17, 15) is 9.59 Å². The maximum Gasteiger partial charge on any atom is 0.329 e. The highest BCUT2D eigenvalue weighted by molar-refractivity contribution is 6.30. The highest BCUT2D eigenvalue weighted by atomic mass is 35.5. The van der Waals surface area contributed by atoms with Gasteiger partial charge in [-0.1, -0.05) is 53.6 Å². The SMILES string of the molecule is Cc1cccc(Cn2c(NN=Cc3ccc(Cl)cc3)nc3c2c(=O)[nH]c(=O)n3C)c1. The molecule has 4 rings (SSSR count). The van der Waals surface area contributed by atoms with Crippen LogP contribution < -0.4 is 16.7 Å². The zero-order valence-corrected chi connectivity index (χ0v) is 17.1. The Kier molecular flexibility index (Phi) is 5.24. The van der Waals surface area contributed by atoms with Gasteiger partial charge in [-0.05, 0) is 30.2 Å². The van der Waals surface area contributed by atoms with Crippen molar-refractivity contribution in [1.29, 1.82) is 0 Å². The van der Waals surface area contributed by atoms with Gasteiger partial charge < -0.3 is 0 Å². The van der Waals surface area contributed by atoms with Gasteiger partial charge in [-0.25, -0.2) is 10.2 Å². The van der Waals surface area contributed by atoms with Gasteiger partial charge in [0.25, 0.3) is 5.56 Å². The molecule has 0 saturated carbocycles. The van der Waals surface area contributed by atoms with Crippen molar-refractivity contribution < 1.29 is 0 Å². The van der Waals surface area contributed by atoms with Crippen LogP contribution in [0, 0.1) is 6.92 Å². The zero-order valence-electron chi connectivity index (χ0n) is 16.4. The Bertz CT molecular complexity index is 1370. The second kappa shape index (κ2) is 8.00. The molecule has 30 heavy (non-hydrogen) atoms. The molecule has 0 amide bonds. The molecule has 152 valence electrons. The summed E-state index contributed by atoms with van der Waals surface area (Å²) < 4.78 is 3.01. The maximum absolute atomic E-state index is 12.6. The average Bonchev–Trinajstić information content (AvgIpc) is 3.07. The van der Waals surface area contributed by atoms with Crippen molar-refractivity contribution in [3.05, 3.63) is 91.1 Å². The predicted molar refractivity (Wildman–Crippen MR) is 119 cm³/mol. The first-order valence-corrected chi connectivity index (χ1v) is 9.60. The monoisotopic (exact) mass is 422 g/mol. The second-order valence-corrected chi connectivity index (χ2v) is 7.36. The summed E-state index contributed by atoms with van der Waals surface area (Å²) in [4.78, 5) is 31.4. The molecule has 0 spiro atoms. The first kappa shape index (κ1) is 19.7. The number of nitrogens with one attached hydrogen (secondary N) is 2. The van der Waals surface area contributed by atoms with Gasteiger partial charge >= 0.3 is 5.69 Å². The van der Waals surface area contributed by atoms with Gasteiger partial charge in [-0.15, -0.1) is 0 Å². The molecule has 9 heteroatoms. The van der Waals surface area contributed by atoms with Crippen LogP contribution in [0.2, 0.25) is 5.02 Å². The molecule has 0 saturated heterocycles. The van der Waals surface area contributed by atoms with E-state index < -0.39 is 11.2 Å². The quantitative estimate of drug-likeness (QED) is 0.381. The van der Waals surface area contributed by atoms with Crippen LogP contribution in [0.15, 0.2) is 63.2 Å². The summed E-state index contributed by atoms with van der Waals surface area (Å²) in [5.74, 6) is 0.350. The van der Waals surface area contributed by atoms with Gasteiger partial charge in [-0.3, -0.25) is 18.9 Å². The fraction of sp³-hybridized carbons (Fsp3) is 0.143. The van der Waals surface area contributed by atoms with Gasteiger partial charge in [0.1, 0.15) is 0 Å². The molecule has 0 radical (unpaired) electrons. The summed E-state index contributed by atoms with van der Waals surface area (Å²) in [6.45, 7) is 2.39. The Labute approximate surface area is 176 Å². The number of fused-ring (bicyclic) bond motifs is 1. The Morgan fingerprint density at radius 2 is 1.97 bits per heavy atom. The lowest BCUT2D eigenvalue weighted by Gasteiger charge is -2.09. The first-order valence-electron chi connectivity index (χ1n) is 9.22. The molecule has 4 aromatic rings. The predicted octanol–water partition coefficient (Wildman–Crippen LogP) is 2.88. The third-order valence-electron chi connectivity index (χ3n) is 4.68. The molecule has 2 aromatic heterocycles. The molecule has 0 aliphatic rings. The number of hydrogen-bond acceptors (Lipinski definition) is 5. The van der Waals surface area contributed by atoms with Gasteiger partial charge in [0.15, 0.2) is 11.2 Å². The van der Waals surface area contributed by atoms with E-state index in [-0.39, 0.29) is 5.65 Å². The minimum atomic E-state index is -0.524. The number of benzene rings is 2. The summed E-state index contributed by atoms with van der Waals surface area (Å²) in [5.41, 5.74) is 5.39. The molecule has 0 aliphatic heterocycles. The minimum absolute atomic E-state index is 0.278. The lowest BCUT2D eigenvalue weighted by atomic mass is 10.1. The van der Waals surface area contributed by atoms with Crippen molar-refractivity contribution in [2.24, 2.45) is 12.1 Å². The smallest absolute Gasteiger partial charge is 0.298 e. The summed E-state index contributed by atoms with van der Waals surface area (Å²) >= 11 is 5.90. The molecule has 2 N–H and O–H groups in total. The molecular weight excluding hydrogens is 404 g/mol. The number of imidazole rings is 1. The van der Waals surface area contributed by atoms with Crippen molar-refractivity contribution in [2.45, 2.75) is 13.5 Å². The number of halogens is 1. The normalized spacial score (nSPS) is 11.4. The largest absolute Gasteiger partial charge is 0.329 e. The summed E-state index contributed by atoms with van der Waals surface area (Å²) in [7, 11) is 1.56. The Hall–Kier alpha value is -3.65. The van der Waals surface area contributed by atoms with Crippen LogP contribution in [0.4, 0.5) is 5.95 Å². The third-order valence-corrected chi connectivity index (χ3v) is 4.93. The first-order chi connectivity index (χ1) is 14.4. The third kappa shape index (κ3) is 3.90. The number of aromatic nitrogens is 4. The molecule has 0 unspecified atom stereocenters. The minimum Gasteiger partial charge on any atom is -0.298 e. The van der Waals surface area contributed by atoms with E-state index in [1.807, 2.05) is 43.3 Å². The molecule has 2 aromatic carbocycles. The van der Waals surface area contributed by atoms with E-state index in [0.717, 1.165) is 16.7 Å². The molecular formula is C21H19ClN6O2. The number of nitrogens with zero attached hydrogens (tertiary/aromatic N) is 4. The Balaban J connectivity index is 1.78. The van der Waals surface area contributed by atoms with E-state index in [4.69, 9.17) is 11.6 Å². The topological polar surface area (TPSA) is 97.1 Å². The van der Waals surface area contributed by atoms with E-state index >= 15 is 0 Å². The lowest BCUT2D eigenvalue weighted by Crippen LogP contribution is -2.29. The van der Waals surface area contributed by atoms with Crippen LogP contribution in [0.1, 0.15) is 16.7 Å². The maximum atomic E-state index is 12.6. The van der Waals surface area contributed by atoms with Gasteiger partial charge in [0, 0.05) is 12.1 Å². The van der Waals surface area contributed by atoms with E-state index in [1.165, 1.54) is 4.57 Å². The second-order valence-electron chi connectivity index (χ2n) is 6.92. The lowest BCUT2D eigenvalue weighted by molar-refractivity contribution is 0.808. The van der Waals surface area contributed by atoms with Crippen molar-refractivity contribution in [3.8, 4) is 0 Å². The number of hydrogen-bond donors (Lipinski definition) is 2. The molecule has 0 bridgehead atoms. The number of H-pyrrole nitrogens is 1. The average molecular weight is 423 g/mol. The number of aryl methyl sites for hydroxylation is 2. The van der Waals surface area contributed by atoms with Crippen LogP contribution in [0.3, 0.4) is 0 Å². The van der Waals surface area contributed by atoms with Crippen LogP contribution in [-0.2, 0) is 13.6 Å². The molecule has 0 fully saturated rings. The van der Waals surface area contributed by atoms with Crippen LogP contribution in [0.5, 0.6) is 0 Å². The number of aromatic amines is 1. The fourth-order valence-corrected chi connectivity index (χ4v) is 3.31. The van der Waals surface area contributed by atoms with Crippen molar-refractivity contribution in [1.82, 2.24) is 19.1 Å². The highest BCUT2D eigenvalue weighted by Crippen LogP contribution is 2.18. The summed E-state index contributed by atoms with van der Waals surface area (Å²) in [6, 6.07) is 15.2. The van der Waals surface area contributed by atoms with Gasteiger partial charge in [-0.2, -0.15) is 10.1 Å². The Morgan fingerprint density at radius 1 is 1.20 bits per heavy atom. The number of anilines is 1. The molecule has 0 aliphatic carbocycles. The molecule has 0 atom stereocenters. The van der Waals surface area contributed by atoms with E-state index in [0.29, 0.717) is 23.0 Å². The summed E-state index contributed by atoms with van der Waals surface area (Å²) in [6.07, 6.45) is 1.62. The van der Waals surface area contributed by atoms with Crippen molar-refractivity contribution >= 4 is 34.9 Å². The van der Waals surface area contributed by atoms with Crippen LogP contribution in [0.25, 0.3) is 11.2 Å². The van der Waals surface area contributed by atoms with Gasteiger partial charge in [0.2, 0.25) is 5.95 Å². The zero-order chi connectivity index (χ0) is 21.3. The summed E-state index contributed by atoms with van der Waals surface area (Å²) in [5, 5.41) is 4.88. The van der Waals surface area contributed by atoms with Crippen LogP contribution in [-0.4, -0.2) is 25.3 Å². The van der Waals surface area contributed by atoms with E-state index in [2.05, 4.69) is 20.5 Å². The Morgan fingerprint density at radius 3 is 2.70 bits per heavy atom. The van der Waals surface area contributed by atoms with E-state index in [1.54, 1.807) is 30.0 Å². The van der Waals surface area contributed by atoms with Crippen LogP contribution >= 0.6 is 11.6 Å². The van der Waals surface area contributed by atoms with Crippen molar-refractivity contribution in [3.63, 3.8) is 0 Å². The molecule has 2 heterocycles. The standard InChI is InChI=1S/C21H19ClN6O2/c1-13-4-3-5-15(10-13)12-28-17-18(27(2)21(30)25-19(17)29)24-20(28)26-23-11-14-6-8-16(22)9-7-14/h3-11H,12H2,1-2H3,(H,24,26)(H,25,29,30). The number of rotatable bonds is 5. The highest BCUT2D eigenvalue weighted by Gasteiger charge is 2.17. The molecule has 8 nitrogen and oxygen atoms in total. The van der Waals surface area contributed by atoms with Crippen molar-refractivity contribution in [2.75, 3.05) is 5.43 Å². The number of hydrazone groups is 1.